The first-order chi connectivity index (χ1) is 11.6. The van der Waals surface area contributed by atoms with Crippen LogP contribution in [-0.4, -0.2) is 39.0 Å². The van der Waals surface area contributed by atoms with Crippen molar-refractivity contribution < 1.29 is 9.72 Å². The zero-order valence-corrected chi connectivity index (χ0v) is 13.5. The SMILES string of the molecule is O=C(NC1CCN(c2ncccc2[N+](=O)[O-])CC1)c1cccn1Cl. The third-order valence-electron chi connectivity index (χ3n) is 4.03. The number of carbonyl (C=O) groups is 1. The zero-order valence-electron chi connectivity index (χ0n) is 12.8. The van der Waals surface area contributed by atoms with Crippen molar-refractivity contribution in [3.8, 4) is 0 Å². The Morgan fingerprint density at radius 1 is 1.33 bits per heavy atom. The molecule has 0 aromatic carbocycles. The summed E-state index contributed by atoms with van der Waals surface area (Å²) < 4.78 is 1.25. The number of piperidine rings is 1. The van der Waals surface area contributed by atoms with Crippen molar-refractivity contribution in [1.82, 2.24) is 14.4 Å². The van der Waals surface area contributed by atoms with Gasteiger partial charge in [0.2, 0.25) is 5.82 Å². The normalized spacial score (nSPS) is 15.3. The first kappa shape index (κ1) is 16.3. The van der Waals surface area contributed by atoms with E-state index in [-0.39, 0.29) is 17.6 Å². The topological polar surface area (TPSA) is 93.3 Å². The molecule has 2 aromatic heterocycles. The Labute approximate surface area is 143 Å². The fourth-order valence-electron chi connectivity index (χ4n) is 2.80. The molecular formula is C15H16ClN5O3. The predicted molar refractivity (Wildman–Crippen MR) is 89.3 cm³/mol. The molecule has 0 atom stereocenters. The fraction of sp³-hybridized carbons (Fsp3) is 0.333. The molecule has 1 aliphatic rings. The predicted octanol–water partition coefficient (Wildman–Crippen LogP) is 2.19. The van der Waals surface area contributed by atoms with E-state index in [0.29, 0.717) is 37.4 Å². The van der Waals surface area contributed by atoms with Crippen molar-refractivity contribution >= 4 is 29.2 Å². The van der Waals surface area contributed by atoms with Crippen molar-refractivity contribution in [3.05, 3.63) is 52.5 Å². The summed E-state index contributed by atoms with van der Waals surface area (Å²) in [5.74, 6) is 0.152. The number of carbonyl (C=O) groups excluding carboxylic acids is 1. The summed E-state index contributed by atoms with van der Waals surface area (Å²) in [6.07, 6.45) is 4.51. The minimum Gasteiger partial charge on any atom is -0.351 e. The van der Waals surface area contributed by atoms with Crippen molar-refractivity contribution in [1.29, 1.82) is 0 Å². The molecule has 3 rings (SSSR count). The van der Waals surface area contributed by atoms with Crippen LogP contribution in [-0.2, 0) is 0 Å². The van der Waals surface area contributed by atoms with Crippen LogP contribution in [0.4, 0.5) is 11.5 Å². The van der Waals surface area contributed by atoms with Crippen LogP contribution in [0.25, 0.3) is 0 Å². The van der Waals surface area contributed by atoms with E-state index >= 15 is 0 Å². The molecule has 0 radical (unpaired) electrons. The second-order valence-corrected chi connectivity index (χ2v) is 5.91. The van der Waals surface area contributed by atoms with Crippen LogP contribution < -0.4 is 10.2 Å². The molecule has 126 valence electrons. The summed E-state index contributed by atoms with van der Waals surface area (Å²) in [5, 5.41) is 14.1. The van der Waals surface area contributed by atoms with E-state index in [2.05, 4.69) is 10.3 Å². The lowest BCUT2D eigenvalue weighted by Gasteiger charge is -2.32. The van der Waals surface area contributed by atoms with Crippen molar-refractivity contribution in [3.63, 3.8) is 0 Å². The highest BCUT2D eigenvalue weighted by atomic mass is 35.5. The smallest absolute Gasteiger partial charge is 0.311 e. The Kier molecular flexibility index (Phi) is 4.66. The molecule has 0 unspecified atom stereocenters. The van der Waals surface area contributed by atoms with Gasteiger partial charge in [-0.25, -0.2) is 4.98 Å². The fourth-order valence-corrected chi connectivity index (χ4v) is 3.00. The summed E-state index contributed by atoms with van der Waals surface area (Å²) in [6, 6.07) is 6.35. The van der Waals surface area contributed by atoms with Gasteiger partial charge in [-0.1, -0.05) is 0 Å². The van der Waals surface area contributed by atoms with Gasteiger partial charge in [0, 0.05) is 49.4 Å². The second-order valence-electron chi connectivity index (χ2n) is 5.54. The summed E-state index contributed by atoms with van der Waals surface area (Å²) >= 11 is 5.88. The van der Waals surface area contributed by atoms with Crippen LogP contribution in [0.1, 0.15) is 23.3 Å². The van der Waals surface area contributed by atoms with Crippen molar-refractivity contribution in [2.24, 2.45) is 0 Å². The van der Waals surface area contributed by atoms with Crippen LogP contribution in [0.2, 0.25) is 0 Å². The van der Waals surface area contributed by atoms with Gasteiger partial charge in [-0.05, 0) is 31.0 Å². The second kappa shape index (κ2) is 6.88. The van der Waals surface area contributed by atoms with E-state index in [1.807, 2.05) is 4.90 Å². The maximum Gasteiger partial charge on any atom is 0.311 e. The number of nitro groups is 1. The number of pyridine rings is 1. The molecule has 0 bridgehead atoms. The number of hydrogen-bond donors (Lipinski definition) is 1. The van der Waals surface area contributed by atoms with E-state index in [0.717, 1.165) is 0 Å². The number of halogens is 1. The number of anilines is 1. The minimum absolute atomic E-state index is 0.0000436. The standard InChI is InChI=1S/C15H16ClN5O3/c16-20-8-2-4-13(20)15(22)18-11-5-9-19(10-6-11)14-12(21(23)24)3-1-7-17-14/h1-4,7-8,11H,5-6,9-10H2,(H,18,22). The van der Waals surface area contributed by atoms with Crippen LogP contribution in [0.5, 0.6) is 0 Å². The third kappa shape index (κ3) is 3.33. The quantitative estimate of drug-likeness (QED) is 0.674. The average molecular weight is 350 g/mol. The molecular weight excluding hydrogens is 334 g/mol. The van der Waals surface area contributed by atoms with E-state index in [1.54, 1.807) is 30.6 Å². The third-order valence-corrected chi connectivity index (χ3v) is 4.32. The summed E-state index contributed by atoms with van der Waals surface area (Å²) in [4.78, 5) is 28.9. The molecule has 9 heteroatoms. The first-order valence-corrected chi connectivity index (χ1v) is 7.89. The minimum atomic E-state index is -0.426. The van der Waals surface area contributed by atoms with E-state index < -0.39 is 4.92 Å². The molecule has 1 aliphatic heterocycles. The van der Waals surface area contributed by atoms with Gasteiger partial charge < -0.3 is 10.2 Å². The molecule has 1 saturated heterocycles. The van der Waals surface area contributed by atoms with Gasteiger partial charge >= 0.3 is 5.69 Å². The lowest BCUT2D eigenvalue weighted by Crippen LogP contribution is -2.45. The zero-order chi connectivity index (χ0) is 17.1. The Balaban J connectivity index is 1.61. The van der Waals surface area contributed by atoms with Crippen molar-refractivity contribution in [2.45, 2.75) is 18.9 Å². The van der Waals surface area contributed by atoms with Gasteiger partial charge in [0.1, 0.15) is 5.69 Å². The van der Waals surface area contributed by atoms with Gasteiger partial charge in [-0.15, -0.1) is 0 Å². The van der Waals surface area contributed by atoms with Gasteiger partial charge in [0.05, 0.1) is 4.92 Å². The molecule has 2 aromatic rings. The Morgan fingerprint density at radius 2 is 2.08 bits per heavy atom. The Bertz CT molecular complexity index is 755. The largest absolute Gasteiger partial charge is 0.351 e. The first-order valence-electron chi connectivity index (χ1n) is 7.55. The Hall–Kier alpha value is -2.61. The van der Waals surface area contributed by atoms with E-state index in [4.69, 9.17) is 11.8 Å². The van der Waals surface area contributed by atoms with Crippen LogP contribution >= 0.6 is 11.8 Å². The van der Waals surface area contributed by atoms with Gasteiger partial charge in [-0.3, -0.25) is 19.0 Å². The molecule has 8 nitrogen and oxygen atoms in total. The number of nitrogens with zero attached hydrogens (tertiary/aromatic N) is 4. The highest BCUT2D eigenvalue weighted by molar-refractivity contribution is 6.18. The molecule has 1 fully saturated rings. The molecule has 3 heterocycles. The summed E-state index contributed by atoms with van der Waals surface area (Å²) in [5.41, 5.74) is 0.388. The van der Waals surface area contributed by atoms with E-state index in [9.17, 15) is 14.9 Å². The highest BCUT2D eigenvalue weighted by Crippen LogP contribution is 2.27. The molecule has 1 amide bonds. The lowest BCUT2D eigenvalue weighted by molar-refractivity contribution is -0.384. The highest BCUT2D eigenvalue weighted by Gasteiger charge is 2.26. The number of hydrogen-bond acceptors (Lipinski definition) is 5. The van der Waals surface area contributed by atoms with Crippen LogP contribution in [0, 0.1) is 10.1 Å². The molecule has 0 aliphatic carbocycles. The van der Waals surface area contributed by atoms with Crippen molar-refractivity contribution in [2.75, 3.05) is 18.0 Å². The van der Waals surface area contributed by atoms with Gasteiger partial charge in [0.15, 0.2) is 0 Å². The molecule has 0 saturated carbocycles. The number of amides is 1. The number of nitrogens with one attached hydrogen (secondary N) is 1. The maximum absolute atomic E-state index is 12.2. The molecule has 1 N–H and O–H groups in total. The molecule has 0 spiro atoms. The lowest BCUT2D eigenvalue weighted by atomic mass is 10.0. The number of rotatable bonds is 4. The van der Waals surface area contributed by atoms with E-state index in [1.165, 1.54) is 10.2 Å². The molecule has 24 heavy (non-hydrogen) atoms. The summed E-state index contributed by atoms with van der Waals surface area (Å²) in [7, 11) is 0. The number of aromatic nitrogens is 2. The van der Waals surface area contributed by atoms with Crippen LogP contribution in [0.3, 0.4) is 0 Å². The van der Waals surface area contributed by atoms with Gasteiger partial charge in [0.25, 0.3) is 5.91 Å². The van der Waals surface area contributed by atoms with Crippen LogP contribution in [0.15, 0.2) is 36.7 Å². The monoisotopic (exact) mass is 349 g/mol. The Morgan fingerprint density at radius 3 is 2.71 bits per heavy atom. The maximum atomic E-state index is 12.2. The summed E-state index contributed by atoms with van der Waals surface area (Å²) in [6.45, 7) is 1.18. The average Bonchev–Trinajstić information content (AvgIpc) is 3.02. The van der Waals surface area contributed by atoms with Gasteiger partial charge in [-0.2, -0.15) is 0 Å².